The van der Waals surface area contributed by atoms with Gasteiger partial charge >= 0.3 is 0 Å². The molecular formula is C21H27FN2S. The Labute approximate surface area is 155 Å². The maximum Gasteiger partial charge on any atom is 0.169 e. The van der Waals surface area contributed by atoms with Gasteiger partial charge in [0.25, 0.3) is 0 Å². The van der Waals surface area contributed by atoms with Gasteiger partial charge in [-0.25, -0.2) is 9.37 Å². The van der Waals surface area contributed by atoms with Crippen molar-refractivity contribution < 1.29 is 4.39 Å². The third-order valence-electron chi connectivity index (χ3n) is 3.85. The molecule has 0 saturated heterocycles. The molecule has 134 valence electrons. The smallest absolute Gasteiger partial charge is 0.169 e. The van der Waals surface area contributed by atoms with Crippen LogP contribution in [0.5, 0.6) is 0 Å². The standard InChI is InChI=1S/C21H27FN2S/c1-6-11-24-20(13-16(4)5)19(12-15(2)3)23-21(24)25-14-17-7-9-18(22)10-8-17/h1,7-10,15-16H,11-14H2,2-5H3. The highest BCUT2D eigenvalue weighted by atomic mass is 32.2. The van der Waals surface area contributed by atoms with Crippen molar-refractivity contribution in [3.8, 4) is 12.3 Å². The number of rotatable bonds is 8. The lowest BCUT2D eigenvalue weighted by Crippen LogP contribution is -2.09. The highest BCUT2D eigenvalue weighted by Crippen LogP contribution is 2.28. The van der Waals surface area contributed by atoms with E-state index < -0.39 is 0 Å². The van der Waals surface area contributed by atoms with Gasteiger partial charge < -0.3 is 4.57 Å². The van der Waals surface area contributed by atoms with Crippen molar-refractivity contribution in [2.24, 2.45) is 11.8 Å². The average Bonchev–Trinajstić information content (AvgIpc) is 2.83. The Morgan fingerprint density at radius 3 is 2.32 bits per heavy atom. The first-order valence-electron chi connectivity index (χ1n) is 8.79. The Morgan fingerprint density at radius 2 is 1.76 bits per heavy atom. The second-order valence-corrected chi connectivity index (χ2v) is 8.13. The molecule has 0 aliphatic heterocycles. The molecule has 0 amide bonds. The van der Waals surface area contributed by atoms with Gasteiger partial charge in [0.15, 0.2) is 5.16 Å². The highest BCUT2D eigenvalue weighted by molar-refractivity contribution is 7.98. The molecule has 2 rings (SSSR count). The number of imidazole rings is 1. The van der Waals surface area contributed by atoms with Crippen LogP contribution in [0.1, 0.15) is 44.6 Å². The largest absolute Gasteiger partial charge is 0.311 e. The maximum absolute atomic E-state index is 13.1. The van der Waals surface area contributed by atoms with Crippen LogP contribution in [0.15, 0.2) is 29.4 Å². The summed E-state index contributed by atoms with van der Waals surface area (Å²) >= 11 is 1.67. The number of hydrogen-bond donors (Lipinski definition) is 0. The fraction of sp³-hybridized carbons (Fsp3) is 0.476. The molecule has 1 aromatic heterocycles. The Morgan fingerprint density at radius 1 is 1.12 bits per heavy atom. The summed E-state index contributed by atoms with van der Waals surface area (Å²) in [5.74, 6) is 4.42. The van der Waals surface area contributed by atoms with E-state index in [1.807, 2.05) is 12.1 Å². The van der Waals surface area contributed by atoms with E-state index in [4.69, 9.17) is 11.4 Å². The summed E-state index contributed by atoms with van der Waals surface area (Å²) in [5, 5.41) is 0.966. The predicted octanol–water partition coefficient (Wildman–Crippen LogP) is 5.34. The lowest BCUT2D eigenvalue weighted by atomic mass is 10.0. The third kappa shape index (κ3) is 5.64. The molecule has 0 spiro atoms. The van der Waals surface area contributed by atoms with Gasteiger partial charge in [-0.3, -0.25) is 0 Å². The summed E-state index contributed by atoms with van der Waals surface area (Å²) in [6.45, 7) is 9.41. The molecule has 1 aromatic carbocycles. The van der Waals surface area contributed by atoms with Crippen LogP contribution in [0.3, 0.4) is 0 Å². The summed E-state index contributed by atoms with van der Waals surface area (Å²) in [7, 11) is 0. The highest BCUT2D eigenvalue weighted by Gasteiger charge is 2.18. The van der Waals surface area contributed by atoms with Crippen LogP contribution in [0.25, 0.3) is 0 Å². The molecule has 25 heavy (non-hydrogen) atoms. The van der Waals surface area contributed by atoms with Gasteiger partial charge in [-0.05, 0) is 42.4 Å². The van der Waals surface area contributed by atoms with Crippen LogP contribution in [0, 0.1) is 30.0 Å². The lowest BCUT2D eigenvalue weighted by Gasteiger charge is -2.12. The number of hydrogen-bond acceptors (Lipinski definition) is 2. The van der Waals surface area contributed by atoms with Crippen LogP contribution < -0.4 is 0 Å². The van der Waals surface area contributed by atoms with Crippen molar-refractivity contribution in [3.63, 3.8) is 0 Å². The predicted molar refractivity (Wildman–Crippen MR) is 104 cm³/mol. The molecule has 0 aliphatic rings. The zero-order chi connectivity index (χ0) is 18.4. The number of halogens is 1. The first kappa shape index (κ1) is 19.6. The molecule has 0 aliphatic carbocycles. The van der Waals surface area contributed by atoms with Gasteiger partial charge in [-0.1, -0.05) is 57.5 Å². The summed E-state index contributed by atoms with van der Waals surface area (Å²) in [4.78, 5) is 4.91. The Hall–Kier alpha value is -1.73. The van der Waals surface area contributed by atoms with Gasteiger partial charge in [-0.15, -0.1) is 6.42 Å². The summed E-state index contributed by atoms with van der Waals surface area (Å²) in [6, 6.07) is 6.64. The minimum atomic E-state index is -0.207. The van der Waals surface area contributed by atoms with E-state index in [0.717, 1.165) is 29.3 Å². The van der Waals surface area contributed by atoms with Gasteiger partial charge in [0.2, 0.25) is 0 Å². The van der Waals surface area contributed by atoms with Gasteiger partial charge in [0.1, 0.15) is 5.82 Å². The van der Waals surface area contributed by atoms with E-state index in [-0.39, 0.29) is 5.82 Å². The molecule has 1 heterocycles. The Bertz CT molecular complexity index is 724. The van der Waals surface area contributed by atoms with Gasteiger partial charge in [0.05, 0.1) is 12.2 Å². The average molecular weight is 359 g/mol. The molecule has 0 radical (unpaired) electrons. The summed E-state index contributed by atoms with van der Waals surface area (Å²) in [5.41, 5.74) is 3.52. The Balaban J connectivity index is 2.29. The zero-order valence-corrected chi connectivity index (χ0v) is 16.4. The van der Waals surface area contributed by atoms with E-state index in [2.05, 4.69) is 38.2 Å². The minimum absolute atomic E-state index is 0.207. The van der Waals surface area contributed by atoms with Crippen LogP contribution in [-0.2, 0) is 25.1 Å². The fourth-order valence-electron chi connectivity index (χ4n) is 2.77. The van der Waals surface area contributed by atoms with Crippen molar-refractivity contribution >= 4 is 11.8 Å². The van der Waals surface area contributed by atoms with Crippen molar-refractivity contribution in [2.45, 2.75) is 58.0 Å². The van der Waals surface area contributed by atoms with Crippen molar-refractivity contribution in [3.05, 3.63) is 47.0 Å². The van der Waals surface area contributed by atoms with Gasteiger partial charge in [0, 0.05) is 11.4 Å². The van der Waals surface area contributed by atoms with Crippen molar-refractivity contribution in [2.75, 3.05) is 0 Å². The number of aromatic nitrogens is 2. The topological polar surface area (TPSA) is 17.8 Å². The monoisotopic (exact) mass is 358 g/mol. The van der Waals surface area contributed by atoms with Crippen LogP contribution >= 0.6 is 11.8 Å². The quantitative estimate of drug-likeness (QED) is 0.468. The van der Waals surface area contributed by atoms with Gasteiger partial charge in [-0.2, -0.15) is 0 Å². The van der Waals surface area contributed by atoms with Crippen LogP contribution in [0.2, 0.25) is 0 Å². The minimum Gasteiger partial charge on any atom is -0.311 e. The molecule has 0 saturated carbocycles. The fourth-order valence-corrected chi connectivity index (χ4v) is 3.76. The molecule has 0 atom stereocenters. The SMILES string of the molecule is C#CCn1c(SCc2ccc(F)cc2)nc(CC(C)C)c1CC(C)C. The zero-order valence-electron chi connectivity index (χ0n) is 15.6. The summed E-state index contributed by atoms with van der Waals surface area (Å²) in [6.07, 6.45) is 7.56. The number of thioether (sulfide) groups is 1. The van der Waals surface area contributed by atoms with E-state index in [9.17, 15) is 4.39 Å². The first-order chi connectivity index (χ1) is 11.9. The number of benzene rings is 1. The maximum atomic E-state index is 13.1. The molecule has 4 heteroatoms. The van der Waals surface area contributed by atoms with E-state index in [0.29, 0.717) is 18.4 Å². The first-order valence-corrected chi connectivity index (χ1v) is 9.78. The van der Waals surface area contributed by atoms with Crippen molar-refractivity contribution in [1.29, 1.82) is 0 Å². The second-order valence-electron chi connectivity index (χ2n) is 7.19. The Kier molecular flexibility index (Phi) is 7.13. The molecule has 0 fully saturated rings. The molecule has 2 nitrogen and oxygen atoms in total. The van der Waals surface area contributed by atoms with Crippen LogP contribution in [-0.4, -0.2) is 9.55 Å². The third-order valence-corrected chi connectivity index (χ3v) is 4.90. The molecule has 0 N–H and O–H groups in total. The number of terminal acetylenes is 1. The van der Waals surface area contributed by atoms with E-state index in [1.54, 1.807) is 11.8 Å². The normalized spacial score (nSPS) is 11.3. The molecule has 2 aromatic rings. The van der Waals surface area contributed by atoms with E-state index in [1.165, 1.54) is 23.5 Å². The van der Waals surface area contributed by atoms with Crippen molar-refractivity contribution in [1.82, 2.24) is 9.55 Å². The van der Waals surface area contributed by atoms with Crippen LogP contribution in [0.4, 0.5) is 4.39 Å². The molecular weight excluding hydrogens is 331 g/mol. The molecule has 0 bridgehead atoms. The second kappa shape index (κ2) is 9.10. The summed E-state index contributed by atoms with van der Waals surface area (Å²) < 4.78 is 15.3. The lowest BCUT2D eigenvalue weighted by molar-refractivity contribution is 0.579. The van der Waals surface area contributed by atoms with E-state index >= 15 is 0 Å². The molecule has 0 unspecified atom stereocenters. The number of nitrogens with zero attached hydrogens (tertiary/aromatic N) is 2.